The summed E-state index contributed by atoms with van der Waals surface area (Å²) in [5, 5.41) is 0. The summed E-state index contributed by atoms with van der Waals surface area (Å²) in [6, 6.07) is 13.1. The number of piperidine rings is 1. The summed E-state index contributed by atoms with van der Waals surface area (Å²) in [5.41, 5.74) is 5.23. The Morgan fingerprint density at radius 3 is 2.27 bits per heavy atom. The lowest BCUT2D eigenvalue weighted by molar-refractivity contribution is -0.150. The molecule has 2 aromatic carbocycles. The highest BCUT2D eigenvalue weighted by Gasteiger charge is 2.26. The predicted molar refractivity (Wildman–Crippen MR) is 139 cm³/mol. The molecule has 1 atom stereocenters. The van der Waals surface area contributed by atoms with Crippen LogP contribution in [0.15, 0.2) is 45.3 Å². The summed E-state index contributed by atoms with van der Waals surface area (Å²) in [5.74, 6) is -0.0534. The third-order valence-electron chi connectivity index (χ3n) is 6.46. The Kier molecular flexibility index (Phi) is 8.85. The van der Waals surface area contributed by atoms with E-state index in [4.69, 9.17) is 9.47 Å². The largest absolute Gasteiger partial charge is 0.466 e. The number of likely N-dealkylation sites (tertiary alicyclic amines) is 1. The van der Waals surface area contributed by atoms with Crippen molar-refractivity contribution in [3.63, 3.8) is 0 Å². The van der Waals surface area contributed by atoms with E-state index < -0.39 is 0 Å². The van der Waals surface area contributed by atoms with Crippen molar-refractivity contribution in [2.75, 3.05) is 50.9 Å². The molecule has 2 aliphatic heterocycles. The van der Waals surface area contributed by atoms with Gasteiger partial charge in [-0.25, -0.2) is 0 Å². The van der Waals surface area contributed by atoms with Crippen LogP contribution in [0.1, 0.15) is 30.9 Å². The van der Waals surface area contributed by atoms with Crippen molar-refractivity contribution in [3.8, 4) is 0 Å². The highest BCUT2D eigenvalue weighted by molar-refractivity contribution is 9.10. The number of esters is 1. The molecule has 0 spiro atoms. The van der Waals surface area contributed by atoms with Crippen LogP contribution >= 0.6 is 31.9 Å². The van der Waals surface area contributed by atoms with Crippen LogP contribution in [-0.4, -0.2) is 56.9 Å². The minimum absolute atomic E-state index is 0.00227. The number of nitrogens with zero attached hydrogens (tertiary/aromatic N) is 2. The van der Waals surface area contributed by atoms with Crippen LogP contribution in [0.2, 0.25) is 0 Å². The summed E-state index contributed by atoms with van der Waals surface area (Å²) in [6.45, 7) is 7.09. The number of anilines is 2. The van der Waals surface area contributed by atoms with E-state index in [0.717, 1.165) is 60.8 Å². The zero-order valence-corrected chi connectivity index (χ0v) is 22.4. The Hall–Kier alpha value is -1.41. The van der Waals surface area contributed by atoms with Crippen molar-refractivity contribution >= 4 is 49.2 Å². The highest BCUT2D eigenvalue weighted by Crippen LogP contribution is 2.38. The van der Waals surface area contributed by atoms with E-state index in [-0.39, 0.29) is 11.9 Å². The number of carbonyl (C=O) groups is 1. The molecular formula is C26H32Br2N2O3. The molecule has 33 heavy (non-hydrogen) atoms. The van der Waals surface area contributed by atoms with E-state index in [1.165, 1.54) is 22.5 Å². The lowest BCUT2D eigenvalue weighted by Crippen LogP contribution is -2.41. The van der Waals surface area contributed by atoms with E-state index in [1.54, 1.807) is 0 Å². The number of benzene rings is 2. The van der Waals surface area contributed by atoms with Gasteiger partial charge in [0.1, 0.15) is 0 Å². The maximum atomic E-state index is 12.1. The number of halogens is 2. The van der Waals surface area contributed by atoms with Crippen LogP contribution < -0.4 is 4.90 Å². The lowest BCUT2D eigenvalue weighted by atomic mass is 9.98. The first-order chi connectivity index (χ1) is 16.0. The molecule has 7 heteroatoms. The highest BCUT2D eigenvalue weighted by atomic mass is 79.9. The maximum absolute atomic E-state index is 12.1. The van der Waals surface area contributed by atoms with Crippen molar-refractivity contribution in [2.24, 2.45) is 5.92 Å². The summed E-state index contributed by atoms with van der Waals surface area (Å²) in [4.78, 5) is 16.8. The van der Waals surface area contributed by atoms with Gasteiger partial charge in [0.15, 0.2) is 0 Å². The van der Waals surface area contributed by atoms with Gasteiger partial charge in [0.05, 0.1) is 25.7 Å². The molecule has 0 saturated carbocycles. The number of aryl methyl sites for hydroxylation is 2. The monoisotopic (exact) mass is 578 g/mol. The average molecular weight is 580 g/mol. The van der Waals surface area contributed by atoms with Crippen molar-refractivity contribution < 1.29 is 14.3 Å². The molecule has 0 unspecified atom stereocenters. The fourth-order valence-corrected chi connectivity index (χ4v) is 5.65. The Bertz CT molecular complexity index is 915. The second kappa shape index (κ2) is 11.8. The summed E-state index contributed by atoms with van der Waals surface area (Å²) >= 11 is 7.26. The molecule has 178 valence electrons. The Morgan fingerprint density at radius 1 is 1.00 bits per heavy atom. The number of ether oxygens (including phenoxy) is 2. The van der Waals surface area contributed by atoms with Crippen molar-refractivity contribution in [1.82, 2.24) is 4.90 Å². The number of rotatable bonds is 8. The zero-order valence-electron chi connectivity index (χ0n) is 19.2. The molecule has 1 fully saturated rings. The smallest absolute Gasteiger partial charge is 0.310 e. The quantitative estimate of drug-likeness (QED) is 0.295. The fraction of sp³-hybridized carbons (Fsp3) is 0.500. The van der Waals surface area contributed by atoms with Gasteiger partial charge in [-0.1, -0.05) is 31.9 Å². The van der Waals surface area contributed by atoms with Crippen LogP contribution in [0.5, 0.6) is 0 Å². The minimum atomic E-state index is -0.0557. The van der Waals surface area contributed by atoms with Gasteiger partial charge in [0, 0.05) is 40.0 Å². The number of carbonyl (C=O) groups excluding carboxylic acids is 1. The lowest BCUT2D eigenvalue weighted by Gasteiger charge is -2.31. The Morgan fingerprint density at radius 2 is 1.64 bits per heavy atom. The summed E-state index contributed by atoms with van der Waals surface area (Å²) in [7, 11) is 0. The van der Waals surface area contributed by atoms with Crippen LogP contribution in [0, 0.1) is 5.92 Å². The van der Waals surface area contributed by atoms with Gasteiger partial charge in [-0.2, -0.15) is 0 Å². The van der Waals surface area contributed by atoms with E-state index in [2.05, 4.69) is 78.1 Å². The predicted octanol–water partition coefficient (Wildman–Crippen LogP) is 5.74. The van der Waals surface area contributed by atoms with E-state index >= 15 is 0 Å². The average Bonchev–Trinajstić information content (AvgIpc) is 2.95. The van der Waals surface area contributed by atoms with Gasteiger partial charge in [0.25, 0.3) is 0 Å². The third kappa shape index (κ3) is 6.38. The van der Waals surface area contributed by atoms with Gasteiger partial charge in [0.2, 0.25) is 0 Å². The standard InChI is InChI=1S/C26H32Br2N2O3/c1-2-33-26(31)21-4-3-11-29(18-21)12-14-32-15-13-30-24-9-7-22(27)16-19(24)5-6-20-17-23(28)8-10-25(20)30/h7-10,16-17,21H,2-6,11-15,18H2,1H3/t21-/m1/s1. The molecule has 4 rings (SSSR count). The minimum Gasteiger partial charge on any atom is -0.466 e. The number of fused-ring (bicyclic) bond motifs is 2. The van der Waals surface area contributed by atoms with E-state index in [1.807, 2.05) is 6.92 Å². The second-order valence-corrected chi connectivity index (χ2v) is 10.5. The van der Waals surface area contributed by atoms with E-state index in [0.29, 0.717) is 19.8 Å². The molecule has 2 aromatic rings. The van der Waals surface area contributed by atoms with Crippen molar-refractivity contribution in [3.05, 3.63) is 56.5 Å². The van der Waals surface area contributed by atoms with Gasteiger partial charge in [-0.15, -0.1) is 0 Å². The maximum Gasteiger partial charge on any atom is 0.310 e. The summed E-state index contributed by atoms with van der Waals surface area (Å²) in [6.07, 6.45) is 4.00. The van der Waals surface area contributed by atoms with Gasteiger partial charge >= 0.3 is 5.97 Å². The molecule has 2 heterocycles. The second-order valence-electron chi connectivity index (χ2n) is 8.70. The number of hydrogen-bond acceptors (Lipinski definition) is 5. The Balaban J connectivity index is 1.34. The van der Waals surface area contributed by atoms with E-state index in [9.17, 15) is 4.79 Å². The SMILES string of the molecule is CCOC(=O)[C@@H]1CCCN(CCOCCN2c3ccc(Br)cc3CCc3cc(Br)ccc32)C1. The zero-order chi connectivity index (χ0) is 23.2. The molecule has 0 aromatic heterocycles. The molecule has 0 bridgehead atoms. The van der Waals surface area contributed by atoms with Crippen molar-refractivity contribution in [1.29, 1.82) is 0 Å². The molecule has 0 aliphatic carbocycles. The molecule has 1 saturated heterocycles. The van der Waals surface area contributed by atoms with Crippen LogP contribution in [0.25, 0.3) is 0 Å². The first kappa shape index (κ1) is 24.7. The van der Waals surface area contributed by atoms with Gasteiger partial charge < -0.3 is 19.3 Å². The first-order valence-electron chi connectivity index (χ1n) is 11.9. The molecule has 0 amide bonds. The van der Waals surface area contributed by atoms with Crippen LogP contribution in [0.3, 0.4) is 0 Å². The normalized spacial score (nSPS) is 18.4. The Labute approximate surface area is 213 Å². The first-order valence-corrected chi connectivity index (χ1v) is 13.4. The number of hydrogen-bond donors (Lipinski definition) is 0. The van der Waals surface area contributed by atoms with Crippen LogP contribution in [0.4, 0.5) is 11.4 Å². The molecule has 2 aliphatic rings. The topological polar surface area (TPSA) is 42.0 Å². The van der Waals surface area contributed by atoms with Gasteiger partial charge in [-0.3, -0.25) is 4.79 Å². The molecule has 0 radical (unpaired) electrons. The van der Waals surface area contributed by atoms with Crippen LogP contribution in [-0.2, 0) is 27.1 Å². The molecule has 0 N–H and O–H groups in total. The van der Waals surface area contributed by atoms with Gasteiger partial charge in [-0.05, 0) is 86.7 Å². The fourth-order valence-electron chi connectivity index (χ4n) is 4.84. The summed E-state index contributed by atoms with van der Waals surface area (Å²) < 4.78 is 13.5. The molecule has 5 nitrogen and oxygen atoms in total. The molecular weight excluding hydrogens is 548 g/mol. The third-order valence-corrected chi connectivity index (χ3v) is 7.45. The van der Waals surface area contributed by atoms with Crippen molar-refractivity contribution in [2.45, 2.75) is 32.6 Å².